The fraction of sp³-hybridized carbons (Fsp3) is 0.130. The van der Waals surface area contributed by atoms with E-state index in [-0.39, 0.29) is 0 Å². The Morgan fingerprint density at radius 1 is 0.793 bits per heavy atom. The SMILES string of the molecule is COc1ccc(CSc2nnc(COc3ccccc3)n2-c2ccccc2)cc1. The van der Waals surface area contributed by atoms with E-state index in [0.29, 0.717) is 6.61 Å². The van der Waals surface area contributed by atoms with Gasteiger partial charge in [-0.05, 0) is 42.0 Å². The van der Waals surface area contributed by atoms with Gasteiger partial charge >= 0.3 is 0 Å². The molecule has 0 radical (unpaired) electrons. The Labute approximate surface area is 174 Å². The summed E-state index contributed by atoms with van der Waals surface area (Å²) in [6.07, 6.45) is 0. The second-order valence-electron chi connectivity index (χ2n) is 6.31. The van der Waals surface area contributed by atoms with Crippen LogP contribution < -0.4 is 9.47 Å². The molecule has 0 unspecified atom stereocenters. The molecule has 0 spiro atoms. The molecule has 4 aromatic rings. The highest BCUT2D eigenvalue weighted by molar-refractivity contribution is 7.98. The summed E-state index contributed by atoms with van der Waals surface area (Å²) in [7, 11) is 1.67. The summed E-state index contributed by atoms with van der Waals surface area (Å²) in [5.41, 5.74) is 2.21. The molecule has 0 saturated carbocycles. The van der Waals surface area contributed by atoms with Gasteiger partial charge in [-0.15, -0.1) is 10.2 Å². The molecule has 0 saturated heterocycles. The van der Waals surface area contributed by atoms with Crippen molar-refractivity contribution in [2.45, 2.75) is 17.5 Å². The summed E-state index contributed by atoms with van der Waals surface area (Å²) >= 11 is 1.64. The fourth-order valence-electron chi connectivity index (χ4n) is 2.86. The van der Waals surface area contributed by atoms with Crippen LogP contribution in [0.15, 0.2) is 90.1 Å². The van der Waals surface area contributed by atoms with Crippen LogP contribution in [0.25, 0.3) is 5.69 Å². The van der Waals surface area contributed by atoms with Crippen molar-refractivity contribution in [3.8, 4) is 17.2 Å². The Hall–Kier alpha value is -3.25. The third kappa shape index (κ3) is 4.78. The van der Waals surface area contributed by atoms with Crippen molar-refractivity contribution < 1.29 is 9.47 Å². The number of nitrogens with zero attached hydrogens (tertiary/aromatic N) is 3. The highest BCUT2D eigenvalue weighted by atomic mass is 32.2. The molecule has 0 bridgehead atoms. The standard InChI is InChI=1S/C23H21N3O2S/c1-27-20-14-12-18(13-15-20)17-29-23-25-24-22(16-28-21-10-6-3-7-11-21)26(23)19-8-4-2-5-9-19/h2-15H,16-17H2,1H3. The molecule has 4 rings (SSSR count). The van der Waals surface area contributed by atoms with Crippen molar-refractivity contribution in [2.75, 3.05) is 7.11 Å². The van der Waals surface area contributed by atoms with Crippen molar-refractivity contribution in [3.63, 3.8) is 0 Å². The molecule has 146 valence electrons. The quantitative estimate of drug-likeness (QED) is 0.381. The van der Waals surface area contributed by atoms with Crippen LogP contribution in [0.4, 0.5) is 0 Å². The topological polar surface area (TPSA) is 49.2 Å². The highest BCUT2D eigenvalue weighted by Crippen LogP contribution is 2.26. The average Bonchev–Trinajstić information content (AvgIpc) is 3.20. The number of benzene rings is 3. The van der Waals surface area contributed by atoms with Crippen LogP contribution in [0.3, 0.4) is 0 Å². The number of ether oxygens (including phenoxy) is 2. The summed E-state index contributed by atoms with van der Waals surface area (Å²) < 4.78 is 13.2. The molecule has 6 heteroatoms. The van der Waals surface area contributed by atoms with Crippen molar-refractivity contribution in [1.29, 1.82) is 0 Å². The second-order valence-corrected chi connectivity index (χ2v) is 7.25. The van der Waals surface area contributed by atoms with Crippen LogP contribution in [0.2, 0.25) is 0 Å². The van der Waals surface area contributed by atoms with Crippen LogP contribution in [0.1, 0.15) is 11.4 Å². The van der Waals surface area contributed by atoms with Crippen LogP contribution in [-0.4, -0.2) is 21.9 Å². The van der Waals surface area contributed by atoms with Crippen molar-refractivity contribution in [1.82, 2.24) is 14.8 Å². The van der Waals surface area contributed by atoms with Crippen molar-refractivity contribution in [2.24, 2.45) is 0 Å². The molecule has 29 heavy (non-hydrogen) atoms. The predicted molar refractivity (Wildman–Crippen MR) is 115 cm³/mol. The van der Waals surface area contributed by atoms with Gasteiger partial charge in [-0.1, -0.05) is 60.3 Å². The van der Waals surface area contributed by atoms with Gasteiger partial charge in [0.1, 0.15) is 18.1 Å². The minimum atomic E-state index is 0.342. The van der Waals surface area contributed by atoms with Crippen LogP contribution in [0.5, 0.6) is 11.5 Å². The Bertz CT molecular complexity index is 1030. The fourth-order valence-corrected chi connectivity index (χ4v) is 3.78. The van der Waals surface area contributed by atoms with E-state index in [1.807, 2.05) is 72.8 Å². The van der Waals surface area contributed by atoms with Crippen molar-refractivity contribution in [3.05, 3.63) is 96.3 Å². The summed E-state index contributed by atoms with van der Waals surface area (Å²) in [6, 6.07) is 27.9. The number of methoxy groups -OCH3 is 1. The maximum Gasteiger partial charge on any atom is 0.196 e. The Morgan fingerprint density at radius 2 is 1.48 bits per heavy atom. The number of hydrogen-bond donors (Lipinski definition) is 0. The van der Waals surface area contributed by atoms with E-state index in [0.717, 1.165) is 33.9 Å². The smallest absolute Gasteiger partial charge is 0.196 e. The predicted octanol–water partition coefficient (Wildman–Crippen LogP) is 5.15. The molecule has 1 heterocycles. The molecule has 5 nitrogen and oxygen atoms in total. The first-order chi connectivity index (χ1) is 14.3. The van der Waals surface area contributed by atoms with Gasteiger partial charge in [0.15, 0.2) is 11.0 Å². The molecule has 0 atom stereocenters. The monoisotopic (exact) mass is 403 g/mol. The van der Waals surface area contributed by atoms with E-state index in [4.69, 9.17) is 9.47 Å². The zero-order chi connectivity index (χ0) is 19.9. The van der Waals surface area contributed by atoms with Crippen molar-refractivity contribution >= 4 is 11.8 Å². The zero-order valence-corrected chi connectivity index (χ0v) is 16.9. The molecule has 0 N–H and O–H groups in total. The lowest BCUT2D eigenvalue weighted by Gasteiger charge is -2.11. The van der Waals surface area contributed by atoms with E-state index in [9.17, 15) is 0 Å². The van der Waals surface area contributed by atoms with Gasteiger partial charge in [0.05, 0.1) is 7.11 Å². The van der Waals surface area contributed by atoms with E-state index in [1.54, 1.807) is 18.9 Å². The molecule has 0 amide bonds. The summed E-state index contributed by atoms with van der Waals surface area (Å²) in [6.45, 7) is 0.342. The molecule has 0 aliphatic rings. The van der Waals surface area contributed by atoms with Crippen LogP contribution in [-0.2, 0) is 12.4 Å². The van der Waals surface area contributed by atoms with E-state index in [2.05, 4.69) is 26.9 Å². The molecule has 0 fully saturated rings. The van der Waals surface area contributed by atoms with Crippen LogP contribution >= 0.6 is 11.8 Å². The van der Waals surface area contributed by atoms with Crippen LogP contribution in [0, 0.1) is 0 Å². The van der Waals surface area contributed by atoms with Gasteiger partial charge in [-0.2, -0.15) is 0 Å². The lowest BCUT2D eigenvalue weighted by molar-refractivity contribution is 0.293. The number of para-hydroxylation sites is 2. The zero-order valence-electron chi connectivity index (χ0n) is 16.1. The maximum absolute atomic E-state index is 5.91. The Balaban J connectivity index is 1.55. The summed E-state index contributed by atoms with van der Waals surface area (Å²) in [5, 5.41) is 9.65. The second kappa shape index (κ2) is 9.30. The molecule has 1 aromatic heterocycles. The van der Waals surface area contributed by atoms with Gasteiger partial charge < -0.3 is 9.47 Å². The van der Waals surface area contributed by atoms with Gasteiger partial charge in [0.2, 0.25) is 0 Å². The normalized spacial score (nSPS) is 10.7. The minimum absolute atomic E-state index is 0.342. The molecule has 3 aromatic carbocycles. The number of aromatic nitrogens is 3. The Kier molecular flexibility index (Phi) is 6.12. The van der Waals surface area contributed by atoms with Gasteiger partial charge in [-0.25, -0.2) is 0 Å². The molecular formula is C23H21N3O2S. The lowest BCUT2D eigenvalue weighted by atomic mass is 10.2. The molecule has 0 aliphatic carbocycles. The first-order valence-electron chi connectivity index (χ1n) is 9.27. The lowest BCUT2D eigenvalue weighted by Crippen LogP contribution is -2.06. The van der Waals surface area contributed by atoms with E-state index >= 15 is 0 Å². The number of hydrogen-bond acceptors (Lipinski definition) is 5. The third-order valence-corrected chi connectivity index (χ3v) is 5.35. The average molecular weight is 404 g/mol. The van der Waals surface area contributed by atoms with E-state index in [1.165, 1.54) is 5.56 Å². The number of rotatable bonds is 8. The first kappa shape index (κ1) is 19.1. The van der Waals surface area contributed by atoms with E-state index < -0.39 is 0 Å². The molecular weight excluding hydrogens is 382 g/mol. The maximum atomic E-state index is 5.91. The largest absolute Gasteiger partial charge is 0.497 e. The van der Waals surface area contributed by atoms with Gasteiger partial charge in [-0.3, -0.25) is 4.57 Å². The third-order valence-electron chi connectivity index (χ3n) is 4.35. The minimum Gasteiger partial charge on any atom is -0.497 e. The highest BCUT2D eigenvalue weighted by Gasteiger charge is 2.15. The van der Waals surface area contributed by atoms with Gasteiger partial charge in [0.25, 0.3) is 0 Å². The van der Waals surface area contributed by atoms with Gasteiger partial charge in [0, 0.05) is 11.4 Å². The first-order valence-corrected chi connectivity index (χ1v) is 10.3. The molecule has 0 aliphatic heterocycles. The summed E-state index contributed by atoms with van der Waals surface area (Å²) in [5.74, 6) is 3.21. The number of thioether (sulfide) groups is 1. The Morgan fingerprint density at radius 3 is 2.17 bits per heavy atom. The summed E-state index contributed by atoms with van der Waals surface area (Å²) in [4.78, 5) is 0.